The van der Waals surface area contributed by atoms with Crippen molar-refractivity contribution in [3.63, 3.8) is 0 Å². The number of carboxylic acid groups (broad SMARTS) is 2. The highest BCUT2D eigenvalue weighted by Gasteiger charge is 2.28. The highest BCUT2D eigenvalue weighted by atomic mass is 16.6. The third-order valence-electron chi connectivity index (χ3n) is 8.30. The predicted molar refractivity (Wildman–Crippen MR) is 156 cm³/mol. The summed E-state index contributed by atoms with van der Waals surface area (Å²) in [6, 6.07) is 13.0. The molecule has 0 spiro atoms. The number of carbonyl (C=O) groups is 3. The zero-order chi connectivity index (χ0) is 30.1. The van der Waals surface area contributed by atoms with Gasteiger partial charge in [-0.1, -0.05) is 37.5 Å². The number of nitrogens with zero attached hydrogens (tertiary/aromatic N) is 2. The summed E-state index contributed by atoms with van der Waals surface area (Å²) in [6.07, 6.45) is 6.37. The zero-order valence-electron chi connectivity index (χ0n) is 24.5. The fourth-order valence-corrected chi connectivity index (χ4v) is 6.02. The van der Waals surface area contributed by atoms with Gasteiger partial charge in [-0.25, -0.2) is 4.79 Å². The summed E-state index contributed by atoms with van der Waals surface area (Å²) in [6.45, 7) is 5.50. The first-order valence-electron chi connectivity index (χ1n) is 14.8. The Hall–Kier alpha value is -3.79. The number of amides is 2. The average Bonchev–Trinajstić information content (AvgIpc) is 3.58. The van der Waals surface area contributed by atoms with E-state index in [1.54, 1.807) is 7.11 Å². The van der Waals surface area contributed by atoms with Crippen molar-refractivity contribution in [3.8, 4) is 17.2 Å². The van der Waals surface area contributed by atoms with Gasteiger partial charge in [-0.05, 0) is 60.6 Å². The molecule has 5 rings (SSSR count). The Balaban J connectivity index is 0.000000952. The van der Waals surface area contributed by atoms with Crippen molar-refractivity contribution in [2.45, 2.75) is 70.9 Å². The Labute approximate surface area is 247 Å². The lowest BCUT2D eigenvalue weighted by atomic mass is 9.88. The maximum absolute atomic E-state index is 11.9. The van der Waals surface area contributed by atoms with Crippen LogP contribution in [-0.2, 0) is 22.6 Å². The van der Waals surface area contributed by atoms with Crippen LogP contribution in [-0.4, -0.2) is 71.4 Å². The summed E-state index contributed by atoms with van der Waals surface area (Å²) < 4.78 is 17.3. The fraction of sp³-hybridized carbons (Fsp3) is 0.531. The largest absolute Gasteiger partial charge is 0.503 e. The summed E-state index contributed by atoms with van der Waals surface area (Å²) in [4.78, 5) is 36.2. The van der Waals surface area contributed by atoms with Crippen LogP contribution in [0.15, 0.2) is 36.4 Å². The smallest absolute Gasteiger partial charge is 0.493 e. The molecule has 42 heavy (non-hydrogen) atoms. The molecule has 1 saturated carbocycles. The Morgan fingerprint density at radius 1 is 1.02 bits per heavy atom. The van der Waals surface area contributed by atoms with E-state index in [1.807, 2.05) is 6.07 Å². The molecule has 0 unspecified atom stereocenters. The van der Waals surface area contributed by atoms with Crippen molar-refractivity contribution in [1.29, 1.82) is 0 Å². The van der Waals surface area contributed by atoms with Crippen molar-refractivity contribution in [3.05, 3.63) is 53.1 Å². The highest BCUT2D eigenvalue weighted by molar-refractivity contribution is 6.01. The van der Waals surface area contributed by atoms with Crippen LogP contribution < -0.4 is 14.2 Å². The molecule has 0 radical (unpaired) electrons. The van der Waals surface area contributed by atoms with Gasteiger partial charge in [0.1, 0.15) is 12.4 Å². The monoisotopic (exact) mass is 582 g/mol. The second kappa shape index (κ2) is 14.9. The van der Waals surface area contributed by atoms with Crippen LogP contribution in [0.1, 0.15) is 74.6 Å². The number of imide groups is 1. The molecule has 10 nitrogen and oxygen atoms in total. The van der Waals surface area contributed by atoms with Crippen LogP contribution in [0.4, 0.5) is 4.79 Å². The van der Waals surface area contributed by atoms with Gasteiger partial charge in [0.2, 0.25) is 11.8 Å². The minimum absolute atomic E-state index is 0.121. The van der Waals surface area contributed by atoms with Gasteiger partial charge in [-0.3, -0.25) is 19.4 Å². The van der Waals surface area contributed by atoms with Crippen molar-refractivity contribution in [2.75, 3.05) is 33.4 Å². The van der Waals surface area contributed by atoms with Crippen LogP contribution >= 0.6 is 0 Å². The van der Waals surface area contributed by atoms with Crippen molar-refractivity contribution in [2.24, 2.45) is 5.92 Å². The molecule has 1 atom stereocenters. The minimum Gasteiger partial charge on any atom is -0.493 e. The molecule has 3 aliphatic rings. The molecule has 2 fully saturated rings. The number of hydrogen-bond donors (Lipinski definition) is 2. The van der Waals surface area contributed by atoms with E-state index in [2.05, 4.69) is 42.2 Å². The summed E-state index contributed by atoms with van der Waals surface area (Å²) in [5.74, 6) is 2.80. The lowest BCUT2D eigenvalue weighted by Crippen LogP contribution is -2.33. The van der Waals surface area contributed by atoms with Gasteiger partial charge >= 0.3 is 6.16 Å². The third kappa shape index (κ3) is 8.38. The van der Waals surface area contributed by atoms with E-state index >= 15 is 0 Å². The molecular formula is C32H42N2O8. The SMILES string of the molecule is COc1cc(CN(CC2CCCCC2)[C@H](C)c2ccc3c(c2)CCO3)ccc1OCCN1C(=O)CCC1=O.O=C(O)O. The highest BCUT2D eigenvalue weighted by Crippen LogP contribution is 2.34. The molecular weight excluding hydrogens is 540 g/mol. The van der Waals surface area contributed by atoms with Crippen LogP contribution in [0, 0.1) is 5.92 Å². The number of ether oxygens (including phenoxy) is 3. The third-order valence-corrected chi connectivity index (χ3v) is 8.30. The van der Waals surface area contributed by atoms with E-state index in [0.717, 1.165) is 37.8 Å². The van der Waals surface area contributed by atoms with Gasteiger partial charge in [0, 0.05) is 38.4 Å². The summed E-state index contributed by atoms with van der Waals surface area (Å²) in [5.41, 5.74) is 3.82. The molecule has 2 N–H and O–H groups in total. The molecule has 2 amide bonds. The minimum atomic E-state index is -1.83. The van der Waals surface area contributed by atoms with Gasteiger partial charge < -0.3 is 24.4 Å². The lowest BCUT2D eigenvalue weighted by molar-refractivity contribution is -0.138. The first-order valence-corrected chi connectivity index (χ1v) is 14.8. The van der Waals surface area contributed by atoms with Crippen LogP contribution in [0.25, 0.3) is 0 Å². The van der Waals surface area contributed by atoms with Crippen molar-refractivity contribution in [1.82, 2.24) is 9.80 Å². The molecule has 2 aromatic rings. The molecule has 228 valence electrons. The van der Waals surface area contributed by atoms with Gasteiger partial charge in [-0.2, -0.15) is 0 Å². The molecule has 2 heterocycles. The number of fused-ring (bicyclic) bond motifs is 1. The number of carbonyl (C=O) groups excluding carboxylic acids is 2. The van der Waals surface area contributed by atoms with E-state index in [9.17, 15) is 9.59 Å². The van der Waals surface area contributed by atoms with E-state index in [-0.39, 0.29) is 31.0 Å². The van der Waals surface area contributed by atoms with E-state index in [0.29, 0.717) is 24.3 Å². The van der Waals surface area contributed by atoms with Crippen molar-refractivity contribution >= 4 is 18.0 Å². The molecule has 1 aliphatic carbocycles. The van der Waals surface area contributed by atoms with Crippen LogP contribution in [0.2, 0.25) is 0 Å². The fourth-order valence-electron chi connectivity index (χ4n) is 6.02. The van der Waals surface area contributed by atoms with Gasteiger partial charge in [0.05, 0.1) is 20.3 Å². The van der Waals surface area contributed by atoms with E-state index in [1.165, 1.54) is 53.7 Å². The predicted octanol–water partition coefficient (Wildman–Crippen LogP) is 5.52. The Kier molecular flexibility index (Phi) is 11.1. The standard InChI is InChI=1S/C31H40N2O5.CH2O3/c1-22(25-9-11-27-26(19-25)14-16-37-27)32(20-23-6-4-3-5-7-23)21-24-8-10-28(29(18-24)36-2)38-17-15-33-30(34)12-13-31(33)35;2-1(3)4/h8-11,18-19,22-23H,3-7,12-17,20-21H2,1-2H3;(H2,2,3,4)/t22-;/m1./s1. The van der Waals surface area contributed by atoms with Gasteiger partial charge in [0.25, 0.3) is 0 Å². The topological polar surface area (TPSA) is 126 Å². The Morgan fingerprint density at radius 2 is 1.74 bits per heavy atom. The molecule has 2 aliphatic heterocycles. The second-order valence-electron chi connectivity index (χ2n) is 11.1. The number of hydrogen-bond acceptors (Lipinski definition) is 7. The molecule has 1 saturated heterocycles. The maximum Gasteiger partial charge on any atom is 0.503 e. The maximum atomic E-state index is 11.9. The first-order chi connectivity index (χ1) is 20.2. The van der Waals surface area contributed by atoms with Gasteiger partial charge in [0.15, 0.2) is 11.5 Å². The van der Waals surface area contributed by atoms with Crippen LogP contribution in [0.5, 0.6) is 17.2 Å². The summed E-state index contributed by atoms with van der Waals surface area (Å²) >= 11 is 0. The number of rotatable bonds is 11. The Bertz CT molecular complexity index is 1220. The number of likely N-dealkylation sites (tertiary alicyclic amines) is 1. The van der Waals surface area contributed by atoms with Gasteiger partial charge in [-0.15, -0.1) is 0 Å². The quantitative estimate of drug-likeness (QED) is 0.329. The molecule has 0 bridgehead atoms. The van der Waals surface area contributed by atoms with Crippen molar-refractivity contribution < 1.29 is 38.8 Å². The summed E-state index contributed by atoms with van der Waals surface area (Å²) in [7, 11) is 1.65. The Morgan fingerprint density at radius 3 is 2.43 bits per heavy atom. The number of methoxy groups -OCH3 is 1. The summed E-state index contributed by atoms with van der Waals surface area (Å²) in [5, 5.41) is 13.9. The number of benzene rings is 2. The second-order valence-corrected chi connectivity index (χ2v) is 11.1. The van der Waals surface area contributed by atoms with E-state index in [4.69, 9.17) is 29.2 Å². The van der Waals surface area contributed by atoms with Crippen LogP contribution in [0.3, 0.4) is 0 Å². The molecule has 0 aromatic heterocycles. The first kappa shape index (κ1) is 31.2. The molecule has 2 aromatic carbocycles. The van der Waals surface area contributed by atoms with E-state index < -0.39 is 6.16 Å². The average molecular weight is 583 g/mol. The lowest BCUT2D eigenvalue weighted by Gasteiger charge is -2.34. The zero-order valence-corrected chi connectivity index (χ0v) is 24.5. The normalized spacial score (nSPS) is 17.4. The molecule has 10 heteroatoms.